The zero-order valence-corrected chi connectivity index (χ0v) is 16.4. The zero-order chi connectivity index (χ0) is 20.1. The van der Waals surface area contributed by atoms with Gasteiger partial charge in [0.25, 0.3) is 0 Å². The first-order chi connectivity index (χ1) is 14.2. The van der Waals surface area contributed by atoms with Gasteiger partial charge in [0.05, 0.1) is 6.54 Å². The van der Waals surface area contributed by atoms with Gasteiger partial charge in [-0.05, 0) is 42.0 Å². The lowest BCUT2D eigenvalue weighted by atomic mass is 9.84. The van der Waals surface area contributed by atoms with Crippen LogP contribution in [0.15, 0.2) is 54.6 Å². The van der Waals surface area contributed by atoms with E-state index in [0.717, 1.165) is 11.3 Å². The Morgan fingerprint density at radius 1 is 0.966 bits per heavy atom. The van der Waals surface area contributed by atoms with Crippen molar-refractivity contribution in [2.24, 2.45) is 0 Å². The van der Waals surface area contributed by atoms with Gasteiger partial charge >= 0.3 is 5.97 Å². The van der Waals surface area contributed by atoms with Crippen LogP contribution in [-0.2, 0) is 13.1 Å². The number of aromatic carboxylic acids is 1. The Labute approximate surface area is 170 Å². The number of hydrogen-bond donors (Lipinski definition) is 2. The number of nitrogens with zero attached hydrogens (tertiary/aromatic N) is 3. The Hall–Kier alpha value is -3.15. The smallest absolute Gasteiger partial charge is 0.358 e. The van der Waals surface area contributed by atoms with Gasteiger partial charge < -0.3 is 10.0 Å². The quantitative estimate of drug-likeness (QED) is 0.608. The van der Waals surface area contributed by atoms with Crippen LogP contribution in [0.2, 0.25) is 0 Å². The summed E-state index contributed by atoms with van der Waals surface area (Å²) >= 11 is 0. The zero-order valence-electron chi connectivity index (χ0n) is 16.4. The van der Waals surface area contributed by atoms with E-state index in [2.05, 4.69) is 56.7 Å². The van der Waals surface area contributed by atoms with Crippen LogP contribution in [0.3, 0.4) is 0 Å². The number of carbonyl (C=O) groups is 1. The minimum atomic E-state index is -1.07. The maximum absolute atomic E-state index is 11.4. The largest absolute Gasteiger partial charge is 0.476 e. The molecule has 150 valence electrons. The van der Waals surface area contributed by atoms with Crippen LogP contribution in [-0.4, -0.2) is 26.5 Å². The van der Waals surface area contributed by atoms with Gasteiger partial charge in [-0.2, -0.15) is 10.3 Å². The van der Waals surface area contributed by atoms with Crippen LogP contribution in [0.25, 0.3) is 0 Å². The molecular formula is C23H26N4O2. The lowest BCUT2D eigenvalue weighted by molar-refractivity contribution is 0.0689. The normalized spacial score (nSPS) is 14.6. The first-order valence-corrected chi connectivity index (χ1v) is 10.2. The number of carboxylic acids is 1. The second kappa shape index (κ2) is 8.90. The molecule has 1 saturated carbocycles. The molecular weight excluding hydrogens is 364 g/mol. The third-order valence-corrected chi connectivity index (χ3v) is 5.71. The predicted octanol–water partition coefficient (Wildman–Crippen LogP) is 4.76. The average molecular weight is 390 g/mol. The number of carboxylic acid groups (broad SMARTS) is 1. The molecule has 0 saturated heterocycles. The van der Waals surface area contributed by atoms with E-state index in [9.17, 15) is 9.90 Å². The summed E-state index contributed by atoms with van der Waals surface area (Å²) in [7, 11) is 0. The Morgan fingerprint density at radius 2 is 1.69 bits per heavy atom. The second-order valence-electron chi connectivity index (χ2n) is 7.69. The molecule has 3 aromatic rings. The Bertz CT molecular complexity index is 931. The van der Waals surface area contributed by atoms with Crippen LogP contribution in [0.1, 0.15) is 65.3 Å². The summed E-state index contributed by atoms with van der Waals surface area (Å²) < 4.78 is 0. The van der Waals surface area contributed by atoms with Gasteiger partial charge in [0.1, 0.15) is 5.69 Å². The van der Waals surface area contributed by atoms with Crippen LogP contribution < -0.4 is 4.90 Å². The molecule has 0 aliphatic heterocycles. The molecule has 0 radical (unpaired) electrons. The van der Waals surface area contributed by atoms with Crippen molar-refractivity contribution in [3.63, 3.8) is 0 Å². The van der Waals surface area contributed by atoms with E-state index in [0.29, 0.717) is 24.7 Å². The topological polar surface area (TPSA) is 82.1 Å². The maximum atomic E-state index is 11.4. The summed E-state index contributed by atoms with van der Waals surface area (Å²) in [4.78, 5) is 13.6. The van der Waals surface area contributed by atoms with Crippen molar-refractivity contribution in [1.29, 1.82) is 0 Å². The monoisotopic (exact) mass is 390 g/mol. The molecule has 0 bridgehead atoms. The van der Waals surface area contributed by atoms with Crippen molar-refractivity contribution in [3.05, 3.63) is 77.1 Å². The summed E-state index contributed by atoms with van der Waals surface area (Å²) in [5.74, 6) is -0.407. The number of H-pyrrole nitrogens is 1. The van der Waals surface area contributed by atoms with Crippen molar-refractivity contribution < 1.29 is 9.90 Å². The fraction of sp³-hybridized carbons (Fsp3) is 0.348. The molecule has 2 N–H and O–H groups in total. The summed E-state index contributed by atoms with van der Waals surface area (Å²) in [5.41, 5.74) is 4.02. The third-order valence-electron chi connectivity index (χ3n) is 5.71. The Kier molecular flexibility index (Phi) is 5.89. The lowest BCUT2D eigenvalue weighted by Crippen LogP contribution is -2.23. The molecule has 6 heteroatoms. The van der Waals surface area contributed by atoms with Gasteiger partial charge in [0, 0.05) is 12.2 Å². The van der Waals surface area contributed by atoms with E-state index in [1.54, 1.807) is 0 Å². The standard InChI is InChI=1S/C23H26N4O2/c28-23(29)22-21(24-26-25-22)16-27(15-17-7-3-1-4-8-17)20-13-11-19(12-14-20)18-9-5-2-6-10-18/h1,3-4,7-8,11-14,18H,2,5-6,9-10,15-16H2,(H,28,29)(H,24,25,26). The first kappa shape index (κ1) is 19.2. The predicted molar refractivity (Wildman–Crippen MR) is 112 cm³/mol. The average Bonchev–Trinajstić information content (AvgIpc) is 3.23. The van der Waals surface area contributed by atoms with E-state index >= 15 is 0 Å². The van der Waals surface area contributed by atoms with Gasteiger partial charge in [-0.25, -0.2) is 4.79 Å². The van der Waals surface area contributed by atoms with Gasteiger partial charge in [-0.15, -0.1) is 5.10 Å². The highest BCUT2D eigenvalue weighted by atomic mass is 16.4. The van der Waals surface area contributed by atoms with E-state index in [1.807, 2.05) is 18.2 Å². The summed E-state index contributed by atoms with van der Waals surface area (Å²) in [5, 5.41) is 19.7. The molecule has 29 heavy (non-hydrogen) atoms. The van der Waals surface area contributed by atoms with Crippen LogP contribution in [0.5, 0.6) is 0 Å². The molecule has 6 nitrogen and oxygen atoms in total. The highest BCUT2D eigenvalue weighted by molar-refractivity contribution is 5.86. The highest BCUT2D eigenvalue weighted by Crippen LogP contribution is 2.33. The van der Waals surface area contributed by atoms with Crippen molar-refractivity contribution in [2.45, 2.75) is 51.1 Å². The molecule has 2 aromatic carbocycles. The fourth-order valence-electron chi connectivity index (χ4n) is 4.15. The number of benzene rings is 2. The first-order valence-electron chi connectivity index (χ1n) is 10.2. The molecule has 0 atom stereocenters. The SMILES string of the molecule is O=C(O)c1n[nH]nc1CN(Cc1ccccc1)c1ccc(C2CCCCC2)cc1. The molecule has 0 unspecified atom stereocenters. The third kappa shape index (κ3) is 4.65. The van der Waals surface area contributed by atoms with Crippen molar-refractivity contribution in [1.82, 2.24) is 15.4 Å². The molecule has 4 rings (SSSR count). The van der Waals surface area contributed by atoms with Crippen LogP contribution >= 0.6 is 0 Å². The van der Waals surface area contributed by atoms with Crippen molar-refractivity contribution in [2.75, 3.05) is 4.90 Å². The minimum absolute atomic E-state index is 0.0260. The second-order valence-corrected chi connectivity index (χ2v) is 7.69. The number of aromatic nitrogens is 3. The summed E-state index contributed by atoms with van der Waals surface area (Å²) in [6, 6.07) is 18.9. The number of anilines is 1. The number of rotatable bonds is 7. The van der Waals surface area contributed by atoms with Gasteiger partial charge in [0.2, 0.25) is 0 Å². The van der Waals surface area contributed by atoms with E-state index in [-0.39, 0.29) is 5.69 Å². The minimum Gasteiger partial charge on any atom is -0.476 e. The molecule has 1 aliphatic carbocycles. The number of hydrogen-bond acceptors (Lipinski definition) is 4. The molecule has 1 heterocycles. The van der Waals surface area contributed by atoms with Crippen LogP contribution in [0, 0.1) is 0 Å². The van der Waals surface area contributed by atoms with Crippen molar-refractivity contribution >= 4 is 11.7 Å². The lowest BCUT2D eigenvalue weighted by Gasteiger charge is -2.26. The van der Waals surface area contributed by atoms with E-state index in [1.165, 1.54) is 37.7 Å². The molecule has 1 aliphatic rings. The molecule has 0 amide bonds. The number of nitrogens with one attached hydrogen (secondary N) is 1. The van der Waals surface area contributed by atoms with E-state index in [4.69, 9.17) is 0 Å². The van der Waals surface area contributed by atoms with Gasteiger partial charge in [0.15, 0.2) is 5.69 Å². The van der Waals surface area contributed by atoms with Crippen LogP contribution in [0.4, 0.5) is 5.69 Å². The number of aromatic amines is 1. The Balaban J connectivity index is 1.59. The fourth-order valence-corrected chi connectivity index (χ4v) is 4.15. The Morgan fingerprint density at radius 3 is 2.38 bits per heavy atom. The molecule has 1 aromatic heterocycles. The van der Waals surface area contributed by atoms with E-state index < -0.39 is 5.97 Å². The molecule has 0 spiro atoms. The molecule has 1 fully saturated rings. The van der Waals surface area contributed by atoms with Gasteiger partial charge in [-0.3, -0.25) is 0 Å². The highest BCUT2D eigenvalue weighted by Gasteiger charge is 2.20. The van der Waals surface area contributed by atoms with Gasteiger partial charge in [-0.1, -0.05) is 61.7 Å². The maximum Gasteiger partial charge on any atom is 0.358 e. The summed E-state index contributed by atoms with van der Waals surface area (Å²) in [6.07, 6.45) is 6.53. The summed E-state index contributed by atoms with van der Waals surface area (Å²) in [6.45, 7) is 1.03. The van der Waals surface area contributed by atoms with Crippen molar-refractivity contribution in [3.8, 4) is 0 Å².